The fourth-order valence-electron chi connectivity index (χ4n) is 3.37. The van der Waals surface area contributed by atoms with E-state index in [-0.39, 0.29) is 11.3 Å². The van der Waals surface area contributed by atoms with Crippen molar-refractivity contribution in [3.8, 4) is 0 Å². The zero-order valence-electron chi connectivity index (χ0n) is 12.2. The van der Waals surface area contributed by atoms with Crippen molar-refractivity contribution in [2.24, 2.45) is 11.3 Å². The molecule has 0 amide bonds. The van der Waals surface area contributed by atoms with Crippen molar-refractivity contribution < 1.29 is 4.79 Å². The van der Waals surface area contributed by atoms with Crippen LogP contribution in [0.5, 0.6) is 0 Å². The molecule has 2 rings (SSSR count). The largest absolute Gasteiger partial charge is 0.305 e. The molecule has 0 spiro atoms. The fourth-order valence-corrected chi connectivity index (χ4v) is 3.37. The average Bonchev–Trinajstić information content (AvgIpc) is 2.50. The highest BCUT2D eigenvalue weighted by Crippen LogP contribution is 2.35. The molecule has 1 aliphatic carbocycles. The molecule has 1 unspecified atom stereocenters. The molecule has 0 aromatic heterocycles. The molecule has 1 aliphatic heterocycles. The molecule has 0 aromatic rings. The fraction of sp³-hybridized carbons (Fsp3) is 0.933. The second-order valence-electron chi connectivity index (χ2n) is 6.79. The molecule has 0 radical (unpaired) electrons. The maximum atomic E-state index is 12.4. The van der Waals surface area contributed by atoms with Crippen LogP contribution >= 0.6 is 0 Å². The number of carbonyl (C=O) groups is 1. The van der Waals surface area contributed by atoms with Crippen LogP contribution < -0.4 is 0 Å². The number of ketones is 1. The van der Waals surface area contributed by atoms with Gasteiger partial charge < -0.3 is 9.80 Å². The summed E-state index contributed by atoms with van der Waals surface area (Å²) in [6, 6.07) is 0. The van der Waals surface area contributed by atoms with Gasteiger partial charge in [0.15, 0.2) is 0 Å². The number of nitrogens with zero attached hydrogens (tertiary/aromatic N) is 2. The summed E-state index contributed by atoms with van der Waals surface area (Å²) in [5, 5.41) is 0. The Balaban J connectivity index is 1.90. The third-order valence-corrected chi connectivity index (χ3v) is 4.68. The van der Waals surface area contributed by atoms with Gasteiger partial charge in [-0.25, -0.2) is 0 Å². The van der Waals surface area contributed by atoms with Crippen LogP contribution in [-0.4, -0.2) is 55.4 Å². The van der Waals surface area contributed by atoms with Gasteiger partial charge in [0.25, 0.3) is 0 Å². The van der Waals surface area contributed by atoms with E-state index < -0.39 is 0 Å². The predicted molar refractivity (Wildman–Crippen MR) is 74.7 cm³/mol. The van der Waals surface area contributed by atoms with Crippen LogP contribution in [0.2, 0.25) is 0 Å². The van der Waals surface area contributed by atoms with Gasteiger partial charge in [-0.1, -0.05) is 20.3 Å². The summed E-state index contributed by atoms with van der Waals surface area (Å²) in [4.78, 5) is 17.3. The van der Waals surface area contributed by atoms with Gasteiger partial charge in [-0.05, 0) is 39.4 Å². The van der Waals surface area contributed by atoms with Crippen LogP contribution in [0.1, 0.15) is 39.5 Å². The molecule has 2 fully saturated rings. The molecule has 18 heavy (non-hydrogen) atoms. The predicted octanol–water partition coefficient (Wildman–Crippen LogP) is 2.02. The molecule has 1 saturated carbocycles. The van der Waals surface area contributed by atoms with Gasteiger partial charge in [0.2, 0.25) is 0 Å². The van der Waals surface area contributed by atoms with E-state index in [0.29, 0.717) is 5.78 Å². The van der Waals surface area contributed by atoms with E-state index >= 15 is 0 Å². The zero-order chi connectivity index (χ0) is 13.2. The summed E-state index contributed by atoms with van der Waals surface area (Å²) in [5.74, 6) is 0.795. The van der Waals surface area contributed by atoms with Gasteiger partial charge in [0, 0.05) is 31.0 Å². The zero-order valence-corrected chi connectivity index (χ0v) is 12.2. The van der Waals surface area contributed by atoms with Crippen LogP contribution in [0.3, 0.4) is 0 Å². The lowest BCUT2D eigenvalue weighted by Crippen LogP contribution is -2.42. The molecule has 1 heterocycles. The van der Waals surface area contributed by atoms with Crippen LogP contribution in [-0.2, 0) is 4.79 Å². The third-order valence-electron chi connectivity index (χ3n) is 4.68. The van der Waals surface area contributed by atoms with Crippen LogP contribution in [0, 0.1) is 11.3 Å². The smallest absolute Gasteiger partial charge is 0.142 e. The van der Waals surface area contributed by atoms with Crippen molar-refractivity contribution in [2.75, 3.05) is 39.8 Å². The highest BCUT2D eigenvalue weighted by atomic mass is 16.1. The quantitative estimate of drug-likeness (QED) is 0.751. The van der Waals surface area contributed by atoms with E-state index in [1.165, 1.54) is 19.4 Å². The van der Waals surface area contributed by atoms with Gasteiger partial charge in [-0.15, -0.1) is 0 Å². The van der Waals surface area contributed by atoms with Crippen molar-refractivity contribution in [3.63, 3.8) is 0 Å². The Kier molecular flexibility index (Phi) is 4.44. The number of likely N-dealkylation sites (N-methyl/N-ethyl adjacent to an activating group) is 1. The number of Topliss-reactive ketones (excluding diaryl/α,β-unsaturated/α-hetero) is 1. The average molecular weight is 252 g/mol. The minimum Gasteiger partial charge on any atom is -0.305 e. The maximum Gasteiger partial charge on any atom is 0.142 e. The standard InChI is InChI=1S/C15H28N2O/c1-15(2)7-4-6-13(14(15)18)12-17-9-5-8-16(3)10-11-17/h13H,4-12H2,1-3H3. The minimum atomic E-state index is -0.0778. The highest BCUT2D eigenvalue weighted by molar-refractivity contribution is 5.87. The molecule has 0 bridgehead atoms. The van der Waals surface area contributed by atoms with Gasteiger partial charge in [0.05, 0.1) is 0 Å². The molecule has 2 aliphatic rings. The van der Waals surface area contributed by atoms with E-state index in [0.717, 1.165) is 39.0 Å². The second kappa shape index (κ2) is 5.70. The summed E-state index contributed by atoms with van der Waals surface area (Å²) < 4.78 is 0. The van der Waals surface area contributed by atoms with E-state index in [1.54, 1.807) is 0 Å². The van der Waals surface area contributed by atoms with Gasteiger partial charge in [0.1, 0.15) is 5.78 Å². The van der Waals surface area contributed by atoms with Crippen molar-refractivity contribution >= 4 is 5.78 Å². The van der Waals surface area contributed by atoms with Gasteiger partial charge in [-0.2, -0.15) is 0 Å². The Labute approximate surface area is 112 Å². The SMILES string of the molecule is CN1CCCN(CC2CCCC(C)(C)C2=O)CC1. The lowest BCUT2D eigenvalue weighted by Gasteiger charge is -2.36. The Morgan fingerprint density at radius 3 is 2.72 bits per heavy atom. The molecule has 3 nitrogen and oxygen atoms in total. The Hall–Kier alpha value is -0.410. The molecule has 0 N–H and O–H groups in total. The number of hydrogen-bond acceptors (Lipinski definition) is 3. The van der Waals surface area contributed by atoms with Crippen molar-refractivity contribution in [1.82, 2.24) is 9.80 Å². The van der Waals surface area contributed by atoms with E-state index in [2.05, 4.69) is 30.7 Å². The van der Waals surface area contributed by atoms with Crippen LogP contribution in [0.15, 0.2) is 0 Å². The summed E-state index contributed by atoms with van der Waals surface area (Å²) in [5.41, 5.74) is -0.0778. The first-order chi connectivity index (χ1) is 8.49. The summed E-state index contributed by atoms with van der Waals surface area (Å²) >= 11 is 0. The van der Waals surface area contributed by atoms with E-state index in [4.69, 9.17) is 0 Å². The first-order valence-corrected chi connectivity index (χ1v) is 7.44. The molecule has 3 heteroatoms. The normalized spacial score (nSPS) is 31.3. The third kappa shape index (κ3) is 3.33. The molecule has 1 atom stereocenters. The monoisotopic (exact) mass is 252 g/mol. The van der Waals surface area contributed by atoms with Crippen molar-refractivity contribution in [3.05, 3.63) is 0 Å². The molecule has 1 saturated heterocycles. The van der Waals surface area contributed by atoms with Crippen LogP contribution in [0.4, 0.5) is 0 Å². The lowest BCUT2D eigenvalue weighted by molar-refractivity contribution is -0.135. The lowest BCUT2D eigenvalue weighted by atomic mass is 9.71. The number of hydrogen-bond donors (Lipinski definition) is 0. The summed E-state index contributed by atoms with van der Waals surface area (Å²) in [6.07, 6.45) is 4.64. The minimum absolute atomic E-state index is 0.0778. The molecular weight excluding hydrogens is 224 g/mol. The number of carbonyl (C=O) groups excluding carboxylic acids is 1. The Morgan fingerprint density at radius 1 is 1.17 bits per heavy atom. The summed E-state index contributed by atoms with van der Waals surface area (Å²) in [6.45, 7) is 9.87. The number of rotatable bonds is 2. The maximum absolute atomic E-state index is 12.4. The first kappa shape index (κ1) is 14.0. The van der Waals surface area contributed by atoms with Gasteiger partial charge >= 0.3 is 0 Å². The van der Waals surface area contributed by atoms with Crippen molar-refractivity contribution in [1.29, 1.82) is 0 Å². The molecular formula is C15H28N2O. The first-order valence-electron chi connectivity index (χ1n) is 7.44. The topological polar surface area (TPSA) is 23.6 Å². The highest BCUT2D eigenvalue weighted by Gasteiger charge is 2.37. The Bertz CT molecular complexity index is 301. The molecule has 0 aromatic carbocycles. The summed E-state index contributed by atoms with van der Waals surface area (Å²) in [7, 11) is 2.19. The Morgan fingerprint density at radius 2 is 1.94 bits per heavy atom. The van der Waals surface area contributed by atoms with E-state index in [1.807, 2.05) is 0 Å². The van der Waals surface area contributed by atoms with Gasteiger partial charge in [-0.3, -0.25) is 4.79 Å². The van der Waals surface area contributed by atoms with E-state index in [9.17, 15) is 4.79 Å². The van der Waals surface area contributed by atoms with Crippen molar-refractivity contribution in [2.45, 2.75) is 39.5 Å². The van der Waals surface area contributed by atoms with Crippen LogP contribution in [0.25, 0.3) is 0 Å². The molecule has 104 valence electrons. The second-order valence-corrected chi connectivity index (χ2v) is 6.79.